The molecular weight excluding hydrogens is 685 g/mol. The minimum atomic E-state index is -4.49. The summed E-state index contributed by atoms with van der Waals surface area (Å²) in [5.74, 6) is -0.855. The molecule has 4 aromatic rings. The van der Waals surface area contributed by atoms with E-state index in [4.69, 9.17) is 4.74 Å². The van der Waals surface area contributed by atoms with Crippen LogP contribution in [0.15, 0.2) is 85.1 Å². The molecule has 1 aliphatic rings. The molecule has 1 aromatic heterocycles. The minimum Gasteiger partial charge on any atom is -0.383 e. The van der Waals surface area contributed by atoms with E-state index in [9.17, 15) is 27.6 Å². The molecule has 0 saturated carbocycles. The number of amides is 3. The first kappa shape index (κ1) is 38.9. The highest BCUT2D eigenvalue weighted by Gasteiger charge is 2.30. The van der Waals surface area contributed by atoms with Gasteiger partial charge in [-0.1, -0.05) is 24.3 Å². The molecular formula is C40H45F3N6O4. The number of hydrogen-bond donors (Lipinski definition) is 3. The summed E-state index contributed by atoms with van der Waals surface area (Å²) in [6, 6.07) is 21.1. The molecule has 0 bridgehead atoms. The van der Waals surface area contributed by atoms with Crippen LogP contribution in [0.25, 0.3) is 11.3 Å². The van der Waals surface area contributed by atoms with Crippen LogP contribution in [0, 0.1) is 0 Å². The smallest absolute Gasteiger partial charge is 0.383 e. The van der Waals surface area contributed by atoms with Gasteiger partial charge in [0.2, 0.25) is 5.91 Å². The fraction of sp³-hybridized carbons (Fsp3) is 0.350. The van der Waals surface area contributed by atoms with Crippen LogP contribution in [-0.2, 0) is 28.8 Å². The van der Waals surface area contributed by atoms with Crippen LogP contribution in [-0.4, -0.2) is 74.5 Å². The topological polar surface area (TPSA) is 116 Å². The maximum Gasteiger partial charge on any atom is 0.416 e. The first-order valence-electron chi connectivity index (χ1n) is 17.6. The van der Waals surface area contributed by atoms with Crippen molar-refractivity contribution in [1.29, 1.82) is 0 Å². The lowest BCUT2D eigenvalue weighted by Crippen LogP contribution is -2.30. The fourth-order valence-corrected chi connectivity index (χ4v) is 6.13. The van der Waals surface area contributed by atoms with Crippen LogP contribution in [0.2, 0.25) is 0 Å². The second kappa shape index (κ2) is 18.5. The van der Waals surface area contributed by atoms with Crippen molar-refractivity contribution in [3.63, 3.8) is 0 Å². The van der Waals surface area contributed by atoms with Crippen LogP contribution in [0.3, 0.4) is 0 Å². The molecule has 0 atom stereocenters. The molecule has 2 heterocycles. The highest BCUT2D eigenvalue weighted by atomic mass is 19.4. The van der Waals surface area contributed by atoms with E-state index in [1.54, 1.807) is 19.2 Å². The normalized spacial score (nSPS) is 13.1. The van der Waals surface area contributed by atoms with Gasteiger partial charge in [0.25, 0.3) is 11.8 Å². The van der Waals surface area contributed by atoms with E-state index in [1.165, 1.54) is 24.4 Å². The summed E-state index contributed by atoms with van der Waals surface area (Å²) in [5, 5.41) is 8.57. The number of nitrogens with one attached hydrogen (secondary N) is 3. The number of alkyl halides is 3. The standard InChI is InChI=1S/C40H45F3N6O4/c1-48(20-15-37(50)45-17-21-53-2)27-29-9-6-10-30(22-29)39(52)47-35-13-12-33(49-18-4-3-5-19-49)25-34(35)36-24-31(14-16-44-36)38(51)46-26-28-8-7-11-32(23-28)40(41,42)43/h6-14,16,22-25H,3-5,15,17-21,26-27H2,1-2H3,(H,45,50)(H,46,51)(H,47,52). The van der Waals surface area contributed by atoms with Gasteiger partial charge in [-0.2, -0.15) is 13.2 Å². The molecule has 280 valence electrons. The zero-order valence-corrected chi connectivity index (χ0v) is 30.0. The van der Waals surface area contributed by atoms with E-state index >= 15 is 0 Å². The van der Waals surface area contributed by atoms with Gasteiger partial charge in [-0.15, -0.1) is 0 Å². The van der Waals surface area contributed by atoms with Gasteiger partial charge in [0, 0.05) is 81.4 Å². The number of ether oxygens (including phenoxy) is 1. The molecule has 0 aliphatic carbocycles. The second-order valence-corrected chi connectivity index (χ2v) is 13.1. The molecule has 5 rings (SSSR count). The summed E-state index contributed by atoms with van der Waals surface area (Å²) in [4.78, 5) is 47.9. The van der Waals surface area contributed by atoms with Gasteiger partial charge in [0.1, 0.15) is 0 Å². The molecule has 10 nitrogen and oxygen atoms in total. The Balaban J connectivity index is 1.32. The quantitative estimate of drug-likeness (QED) is 0.119. The van der Waals surface area contributed by atoms with E-state index in [-0.39, 0.29) is 23.9 Å². The van der Waals surface area contributed by atoms with Gasteiger partial charge in [-0.25, -0.2) is 0 Å². The molecule has 1 fully saturated rings. The Morgan fingerprint density at radius 2 is 1.62 bits per heavy atom. The van der Waals surface area contributed by atoms with Crippen molar-refractivity contribution >= 4 is 29.1 Å². The molecule has 0 radical (unpaired) electrons. The van der Waals surface area contributed by atoms with Crippen molar-refractivity contribution in [2.45, 2.75) is 44.9 Å². The van der Waals surface area contributed by atoms with Crippen LogP contribution >= 0.6 is 0 Å². The summed E-state index contributed by atoms with van der Waals surface area (Å²) < 4.78 is 44.6. The van der Waals surface area contributed by atoms with Crippen molar-refractivity contribution in [2.75, 3.05) is 57.2 Å². The molecule has 3 amide bonds. The molecule has 0 spiro atoms. The van der Waals surface area contributed by atoms with Crippen molar-refractivity contribution in [3.05, 3.63) is 113 Å². The maximum atomic E-state index is 13.7. The summed E-state index contributed by atoms with van der Waals surface area (Å²) in [6.07, 6.45) is 0.650. The van der Waals surface area contributed by atoms with Crippen molar-refractivity contribution in [1.82, 2.24) is 20.5 Å². The Bertz CT molecular complexity index is 1880. The highest BCUT2D eigenvalue weighted by molar-refractivity contribution is 6.06. The Morgan fingerprint density at radius 3 is 2.40 bits per heavy atom. The van der Waals surface area contributed by atoms with E-state index in [1.807, 2.05) is 48.3 Å². The van der Waals surface area contributed by atoms with Gasteiger partial charge in [-0.05, 0) is 92.0 Å². The fourth-order valence-electron chi connectivity index (χ4n) is 6.13. The van der Waals surface area contributed by atoms with E-state index in [0.29, 0.717) is 60.7 Å². The maximum absolute atomic E-state index is 13.7. The lowest BCUT2D eigenvalue weighted by atomic mass is 10.0. The summed E-state index contributed by atoms with van der Waals surface area (Å²) in [7, 11) is 3.50. The molecule has 3 N–H and O–H groups in total. The number of rotatable bonds is 15. The zero-order chi connectivity index (χ0) is 37.8. The summed E-state index contributed by atoms with van der Waals surface area (Å²) >= 11 is 0. The largest absolute Gasteiger partial charge is 0.416 e. The second-order valence-electron chi connectivity index (χ2n) is 13.1. The SMILES string of the molecule is COCCNC(=O)CCN(C)Cc1cccc(C(=O)Nc2ccc(N3CCCCC3)cc2-c2cc(C(=O)NCc3cccc(C(F)(F)F)c3)ccn2)c1. The first-order chi connectivity index (χ1) is 25.5. The average Bonchev–Trinajstić information content (AvgIpc) is 3.16. The Hall–Kier alpha value is -5.27. The van der Waals surface area contributed by atoms with Gasteiger partial charge in [0.15, 0.2) is 0 Å². The van der Waals surface area contributed by atoms with Crippen molar-refractivity contribution in [2.24, 2.45) is 0 Å². The van der Waals surface area contributed by atoms with Gasteiger partial charge >= 0.3 is 6.18 Å². The number of carbonyl (C=O) groups excluding carboxylic acids is 3. The van der Waals surface area contributed by atoms with Crippen LogP contribution in [0.1, 0.15) is 63.1 Å². The third-order valence-corrected chi connectivity index (χ3v) is 8.97. The van der Waals surface area contributed by atoms with Crippen LogP contribution in [0.5, 0.6) is 0 Å². The molecule has 1 aliphatic heterocycles. The number of piperidine rings is 1. The minimum absolute atomic E-state index is 0.0556. The van der Waals surface area contributed by atoms with Crippen molar-refractivity contribution < 1.29 is 32.3 Å². The van der Waals surface area contributed by atoms with Crippen LogP contribution in [0.4, 0.5) is 24.5 Å². The Kier molecular flexibility index (Phi) is 13.6. The Morgan fingerprint density at radius 1 is 0.868 bits per heavy atom. The molecule has 0 unspecified atom stereocenters. The highest BCUT2D eigenvalue weighted by Crippen LogP contribution is 2.33. The van der Waals surface area contributed by atoms with Crippen molar-refractivity contribution in [3.8, 4) is 11.3 Å². The Labute approximate surface area is 307 Å². The number of carbonyl (C=O) groups is 3. The zero-order valence-electron chi connectivity index (χ0n) is 30.0. The number of benzene rings is 3. The molecule has 53 heavy (non-hydrogen) atoms. The number of halogens is 3. The third-order valence-electron chi connectivity index (χ3n) is 8.97. The number of hydrogen-bond acceptors (Lipinski definition) is 7. The number of anilines is 2. The van der Waals surface area contributed by atoms with E-state index in [0.717, 1.165) is 55.7 Å². The van der Waals surface area contributed by atoms with E-state index < -0.39 is 17.6 Å². The predicted octanol–water partition coefficient (Wildman–Crippen LogP) is 6.52. The van der Waals surface area contributed by atoms with Crippen LogP contribution < -0.4 is 20.9 Å². The average molecular weight is 731 g/mol. The lowest BCUT2D eigenvalue weighted by molar-refractivity contribution is -0.137. The van der Waals surface area contributed by atoms with Gasteiger partial charge in [-0.3, -0.25) is 19.4 Å². The molecule has 1 saturated heterocycles. The lowest BCUT2D eigenvalue weighted by Gasteiger charge is -2.29. The summed E-state index contributed by atoms with van der Waals surface area (Å²) in [5.41, 5.74) is 3.71. The monoisotopic (exact) mass is 730 g/mol. The molecule has 3 aromatic carbocycles. The number of pyridine rings is 1. The first-order valence-corrected chi connectivity index (χ1v) is 17.6. The third kappa shape index (κ3) is 11.4. The van der Waals surface area contributed by atoms with Gasteiger partial charge in [0.05, 0.1) is 23.6 Å². The van der Waals surface area contributed by atoms with Gasteiger partial charge < -0.3 is 30.5 Å². The number of aromatic nitrogens is 1. The number of nitrogens with zero attached hydrogens (tertiary/aromatic N) is 3. The number of methoxy groups -OCH3 is 1. The summed E-state index contributed by atoms with van der Waals surface area (Å²) in [6.45, 7) is 3.70. The predicted molar refractivity (Wildman–Crippen MR) is 199 cm³/mol. The van der Waals surface area contributed by atoms with E-state index in [2.05, 4.69) is 25.8 Å². The molecule has 13 heteroatoms.